The van der Waals surface area contributed by atoms with Gasteiger partial charge in [-0.25, -0.2) is 0 Å². The van der Waals surface area contributed by atoms with Gasteiger partial charge in [0, 0.05) is 12.0 Å². The lowest BCUT2D eigenvalue weighted by Crippen LogP contribution is -2.26. The molecule has 190 valence electrons. The Morgan fingerprint density at radius 1 is 0.833 bits per heavy atom. The Morgan fingerprint density at radius 2 is 1.47 bits per heavy atom. The summed E-state index contributed by atoms with van der Waals surface area (Å²) in [6.45, 7) is 2.31. The zero-order valence-corrected chi connectivity index (χ0v) is 20.9. The summed E-state index contributed by atoms with van der Waals surface area (Å²) in [4.78, 5) is 26.1. The lowest BCUT2D eigenvalue weighted by Gasteiger charge is -2.19. The Labute approximate surface area is 211 Å². The number of nitrogens with one attached hydrogen (secondary N) is 1. The first-order chi connectivity index (χ1) is 17.5. The Morgan fingerprint density at radius 3 is 2.08 bits per heavy atom. The number of hydrogen-bond donors (Lipinski definition) is 1. The number of hydrogen-bond acceptors (Lipinski definition) is 7. The van der Waals surface area contributed by atoms with Gasteiger partial charge < -0.3 is 29.0 Å². The van der Waals surface area contributed by atoms with Crippen LogP contribution in [0.1, 0.15) is 30.6 Å². The van der Waals surface area contributed by atoms with E-state index in [4.69, 9.17) is 23.7 Å². The van der Waals surface area contributed by atoms with Crippen LogP contribution in [-0.4, -0.2) is 39.8 Å². The zero-order chi connectivity index (χ0) is 25.9. The first-order valence-corrected chi connectivity index (χ1v) is 11.6. The highest BCUT2D eigenvalue weighted by Gasteiger charge is 2.26. The minimum absolute atomic E-state index is 0.0464. The number of carbonyl (C=O) groups is 2. The number of aryl methyl sites for hydroxylation is 1. The van der Waals surface area contributed by atoms with E-state index in [9.17, 15) is 9.59 Å². The van der Waals surface area contributed by atoms with Gasteiger partial charge in [0.15, 0.2) is 11.5 Å². The molecule has 8 nitrogen and oxygen atoms in total. The molecule has 8 heteroatoms. The number of para-hydroxylation sites is 2. The van der Waals surface area contributed by atoms with E-state index >= 15 is 0 Å². The fourth-order valence-corrected chi connectivity index (χ4v) is 3.67. The van der Waals surface area contributed by atoms with E-state index in [0.29, 0.717) is 47.3 Å². The molecule has 3 aromatic rings. The van der Waals surface area contributed by atoms with Crippen LogP contribution < -0.4 is 24.3 Å². The molecular weight excluding hydrogens is 462 g/mol. The van der Waals surface area contributed by atoms with E-state index in [1.165, 1.54) is 21.3 Å². The third-order valence-corrected chi connectivity index (χ3v) is 5.38. The summed E-state index contributed by atoms with van der Waals surface area (Å²) < 4.78 is 27.4. The van der Waals surface area contributed by atoms with Gasteiger partial charge in [0.25, 0.3) is 5.91 Å². The number of rotatable bonds is 12. The molecule has 1 N–H and O–H groups in total. The van der Waals surface area contributed by atoms with Gasteiger partial charge in [-0.1, -0.05) is 42.5 Å². The number of ether oxygens (including phenoxy) is 5. The average molecular weight is 494 g/mol. The Bertz CT molecular complexity index is 1140. The second kappa shape index (κ2) is 13.0. The molecule has 0 bridgehead atoms. The molecular formula is C28H31NO7. The normalized spacial score (nSPS) is 11.2. The zero-order valence-electron chi connectivity index (χ0n) is 20.9. The van der Waals surface area contributed by atoms with Crippen molar-refractivity contribution >= 4 is 17.6 Å². The molecule has 1 atom stereocenters. The van der Waals surface area contributed by atoms with Crippen molar-refractivity contribution in [3.05, 3.63) is 77.9 Å². The van der Waals surface area contributed by atoms with Crippen LogP contribution in [0.5, 0.6) is 23.0 Å². The van der Waals surface area contributed by atoms with Gasteiger partial charge in [0.2, 0.25) is 11.9 Å². The van der Waals surface area contributed by atoms with Crippen LogP contribution >= 0.6 is 0 Å². The van der Waals surface area contributed by atoms with Crippen molar-refractivity contribution in [3.63, 3.8) is 0 Å². The van der Waals surface area contributed by atoms with Crippen LogP contribution in [0.3, 0.4) is 0 Å². The minimum Gasteiger partial charge on any atom is -0.493 e. The van der Waals surface area contributed by atoms with Crippen molar-refractivity contribution in [1.82, 2.24) is 0 Å². The van der Waals surface area contributed by atoms with E-state index in [1.54, 1.807) is 54.6 Å². The summed E-state index contributed by atoms with van der Waals surface area (Å²) in [6.07, 6.45) is -0.732. The van der Waals surface area contributed by atoms with Crippen molar-refractivity contribution in [2.45, 2.75) is 25.9 Å². The third-order valence-electron chi connectivity index (χ3n) is 5.38. The van der Waals surface area contributed by atoms with E-state index in [2.05, 4.69) is 5.32 Å². The predicted octanol–water partition coefficient (Wildman–Crippen LogP) is 4.97. The molecule has 3 aromatic carbocycles. The van der Waals surface area contributed by atoms with Crippen LogP contribution in [0.4, 0.5) is 5.69 Å². The molecule has 0 aliphatic rings. The fourth-order valence-electron chi connectivity index (χ4n) is 3.67. The molecule has 0 radical (unpaired) electrons. The van der Waals surface area contributed by atoms with Gasteiger partial charge in [-0.2, -0.15) is 0 Å². The monoisotopic (exact) mass is 493 g/mol. The van der Waals surface area contributed by atoms with Crippen molar-refractivity contribution in [2.24, 2.45) is 0 Å². The fraction of sp³-hybridized carbons (Fsp3) is 0.286. The summed E-state index contributed by atoms with van der Waals surface area (Å²) in [5, 5.41) is 2.83. The lowest BCUT2D eigenvalue weighted by atomic mass is 10.1. The number of amides is 1. The SMILES string of the molecule is CCOc1ccccc1NC(=O)C(OC(=O)CCc1cc(OC)c(OC)c(OC)c1)c1ccccc1. The summed E-state index contributed by atoms with van der Waals surface area (Å²) >= 11 is 0. The summed E-state index contributed by atoms with van der Waals surface area (Å²) in [5.41, 5.74) is 1.86. The summed E-state index contributed by atoms with van der Waals surface area (Å²) in [6, 6.07) is 19.5. The molecule has 0 spiro atoms. The Hall–Kier alpha value is -4.20. The number of carbonyl (C=O) groups excluding carboxylic acids is 2. The van der Waals surface area contributed by atoms with Crippen LogP contribution in [0.2, 0.25) is 0 Å². The van der Waals surface area contributed by atoms with Gasteiger partial charge in [0.1, 0.15) is 5.75 Å². The second-order valence-electron chi connectivity index (χ2n) is 7.73. The van der Waals surface area contributed by atoms with Crippen molar-refractivity contribution in [3.8, 4) is 23.0 Å². The van der Waals surface area contributed by atoms with E-state index < -0.39 is 18.0 Å². The lowest BCUT2D eigenvalue weighted by molar-refractivity contribution is -0.154. The van der Waals surface area contributed by atoms with E-state index in [-0.39, 0.29) is 6.42 Å². The molecule has 0 aliphatic heterocycles. The maximum atomic E-state index is 13.2. The molecule has 0 saturated heterocycles. The van der Waals surface area contributed by atoms with Gasteiger partial charge >= 0.3 is 5.97 Å². The number of methoxy groups -OCH3 is 3. The van der Waals surface area contributed by atoms with Crippen LogP contribution in [0, 0.1) is 0 Å². The van der Waals surface area contributed by atoms with Crippen molar-refractivity contribution in [1.29, 1.82) is 0 Å². The highest BCUT2D eigenvalue weighted by atomic mass is 16.5. The predicted molar refractivity (Wildman–Crippen MR) is 136 cm³/mol. The van der Waals surface area contributed by atoms with Gasteiger partial charge in [0.05, 0.1) is 33.6 Å². The topological polar surface area (TPSA) is 92.3 Å². The van der Waals surface area contributed by atoms with E-state index in [0.717, 1.165) is 5.56 Å². The summed E-state index contributed by atoms with van der Waals surface area (Å²) in [5.74, 6) is 0.998. The third kappa shape index (κ3) is 6.69. The van der Waals surface area contributed by atoms with Crippen molar-refractivity contribution in [2.75, 3.05) is 33.3 Å². The van der Waals surface area contributed by atoms with Crippen molar-refractivity contribution < 1.29 is 33.3 Å². The molecule has 1 unspecified atom stereocenters. The molecule has 3 rings (SSSR count). The minimum atomic E-state index is -1.13. The van der Waals surface area contributed by atoms with Crippen LogP contribution in [-0.2, 0) is 20.7 Å². The van der Waals surface area contributed by atoms with Gasteiger partial charge in [-0.05, 0) is 43.2 Å². The maximum absolute atomic E-state index is 13.2. The molecule has 0 saturated carbocycles. The number of benzene rings is 3. The largest absolute Gasteiger partial charge is 0.493 e. The number of esters is 1. The Kier molecular flexibility index (Phi) is 9.56. The Balaban J connectivity index is 1.75. The molecule has 36 heavy (non-hydrogen) atoms. The highest BCUT2D eigenvalue weighted by Crippen LogP contribution is 2.38. The maximum Gasteiger partial charge on any atom is 0.307 e. The quantitative estimate of drug-likeness (QED) is 0.356. The highest BCUT2D eigenvalue weighted by molar-refractivity contribution is 5.97. The first-order valence-electron chi connectivity index (χ1n) is 11.6. The van der Waals surface area contributed by atoms with Gasteiger partial charge in [-0.3, -0.25) is 9.59 Å². The summed E-state index contributed by atoms with van der Waals surface area (Å²) in [7, 11) is 4.59. The van der Waals surface area contributed by atoms with E-state index in [1.807, 2.05) is 19.1 Å². The molecule has 0 aromatic heterocycles. The first kappa shape index (κ1) is 26.4. The van der Waals surface area contributed by atoms with Crippen LogP contribution in [0.15, 0.2) is 66.7 Å². The standard InChI is InChI=1S/C28H31NO7/c1-5-35-22-14-10-9-13-21(22)29-28(31)26(20-11-7-6-8-12-20)36-25(30)16-15-19-17-23(32-2)27(34-4)24(18-19)33-3/h6-14,17-18,26H,5,15-16H2,1-4H3,(H,29,31). The molecule has 0 heterocycles. The smallest absolute Gasteiger partial charge is 0.307 e. The molecule has 0 fully saturated rings. The molecule has 1 amide bonds. The van der Waals surface area contributed by atoms with Gasteiger partial charge in [-0.15, -0.1) is 0 Å². The second-order valence-corrected chi connectivity index (χ2v) is 7.73. The number of anilines is 1. The molecule has 0 aliphatic carbocycles. The van der Waals surface area contributed by atoms with Crippen LogP contribution in [0.25, 0.3) is 0 Å². The average Bonchev–Trinajstić information content (AvgIpc) is 2.91.